The predicted octanol–water partition coefficient (Wildman–Crippen LogP) is 2.23. The number of carboxylic acid groups (broad SMARTS) is 1. The summed E-state index contributed by atoms with van der Waals surface area (Å²) in [5.74, 6) is -0.214. The fraction of sp³-hybridized carbons (Fsp3) is 0.300. The van der Waals surface area contributed by atoms with Gasteiger partial charge >= 0.3 is 5.97 Å². The maximum atomic E-state index is 10.7. The van der Waals surface area contributed by atoms with Crippen molar-refractivity contribution in [2.24, 2.45) is 0 Å². The highest BCUT2D eigenvalue weighted by atomic mass is 79.9. The molecule has 0 saturated carbocycles. The van der Waals surface area contributed by atoms with Crippen LogP contribution in [0.5, 0.6) is 5.75 Å². The molecule has 1 atom stereocenters. The van der Waals surface area contributed by atoms with Gasteiger partial charge in [0.05, 0.1) is 0 Å². The number of carbonyl (C=O) groups is 1. The number of aliphatic carboxylic acids is 1. The van der Waals surface area contributed by atoms with Crippen LogP contribution in [0.3, 0.4) is 0 Å². The SMILES string of the molecule is O=C(O)C1CCc2ccc(Br)cc2O1. The number of fused-ring (bicyclic) bond motifs is 1. The van der Waals surface area contributed by atoms with E-state index in [2.05, 4.69) is 15.9 Å². The summed E-state index contributed by atoms with van der Waals surface area (Å²) in [6.45, 7) is 0. The molecule has 14 heavy (non-hydrogen) atoms. The summed E-state index contributed by atoms with van der Waals surface area (Å²) in [7, 11) is 0. The minimum Gasteiger partial charge on any atom is -0.479 e. The zero-order valence-electron chi connectivity index (χ0n) is 7.37. The Morgan fingerprint density at radius 1 is 1.57 bits per heavy atom. The van der Waals surface area contributed by atoms with Gasteiger partial charge in [0.1, 0.15) is 5.75 Å². The number of ether oxygens (including phenoxy) is 1. The highest BCUT2D eigenvalue weighted by Gasteiger charge is 2.25. The molecule has 0 bridgehead atoms. The zero-order valence-corrected chi connectivity index (χ0v) is 8.95. The predicted molar refractivity (Wildman–Crippen MR) is 54.5 cm³/mol. The number of carboxylic acids is 1. The number of aryl methyl sites for hydroxylation is 1. The Balaban J connectivity index is 2.29. The van der Waals surface area contributed by atoms with Gasteiger partial charge in [-0.15, -0.1) is 0 Å². The van der Waals surface area contributed by atoms with Crippen LogP contribution in [0, 0.1) is 0 Å². The standard InChI is InChI=1S/C10H9BrO3/c11-7-3-1-6-2-4-8(10(12)13)14-9(6)5-7/h1,3,5,8H,2,4H2,(H,12,13). The third-order valence-corrected chi connectivity index (χ3v) is 2.74. The molecule has 0 saturated heterocycles. The van der Waals surface area contributed by atoms with Gasteiger partial charge in [-0.1, -0.05) is 22.0 Å². The Bertz CT molecular complexity index is 376. The van der Waals surface area contributed by atoms with E-state index in [9.17, 15) is 4.79 Å². The van der Waals surface area contributed by atoms with Crippen molar-refractivity contribution in [2.45, 2.75) is 18.9 Å². The zero-order chi connectivity index (χ0) is 10.1. The summed E-state index contributed by atoms with van der Waals surface area (Å²) in [5, 5.41) is 8.80. The Labute approximate surface area is 89.8 Å². The molecular formula is C10H9BrO3. The van der Waals surface area contributed by atoms with E-state index >= 15 is 0 Å². The van der Waals surface area contributed by atoms with E-state index in [4.69, 9.17) is 9.84 Å². The molecule has 0 aliphatic carbocycles. The van der Waals surface area contributed by atoms with Gasteiger partial charge in [-0.25, -0.2) is 4.79 Å². The van der Waals surface area contributed by atoms with Crippen molar-refractivity contribution in [3.05, 3.63) is 28.2 Å². The Kier molecular flexibility index (Phi) is 2.46. The Hall–Kier alpha value is -1.03. The summed E-state index contributed by atoms with van der Waals surface area (Å²) in [6.07, 6.45) is 0.612. The lowest BCUT2D eigenvalue weighted by atomic mass is 10.0. The first-order valence-corrected chi connectivity index (χ1v) is 5.14. The summed E-state index contributed by atoms with van der Waals surface area (Å²) in [5.41, 5.74) is 1.07. The molecule has 4 heteroatoms. The van der Waals surface area contributed by atoms with Gasteiger partial charge in [0.25, 0.3) is 0 Å². The first kappa shape index (κ1) is 9.52. The summed E-state index contributed by atoms with van der Waals surface area (Å²) < 4.78 is 6.25. The monoisotopic (exact) mass is 256 g/mol. The molecular weight excluding hydrogens is 248 g/mol. The molecule has 1 heterocycles. The van der Waals surface area contributed by atoms with Gasteiger partial charge in [-0.05, 0) is 30.5 Å². The topological polar surface area (TPSA) is 46.5 Å². The van der Waals surface area contributed by atoms with E-state index in [0.717, 1.165) is 16.5 Å². The molecule has 1 aliphatic heterocycles. The fourth-order valence-electron chi connectivity index (χ4n) is 1.52. The lowest BCUT2D eigenvalue weighted by molar-refractivity contribution is -0.145. The van der Waals surface area contributed by atoms with Crippen LogP contribution < -0.4 is 4.74 Å². The Morgan fingerprint density at radius 3 is 3.07 bits per heavy atom. The van der Waals surface area contributed by atoms with Gasteiger partial charge in [-0.3, -0.25) is 0 Å². The van der Waals surface area contributed by atoms with Crippen molar-refractivity contribution in [3.8, 4) is 5.75 Å². The maximum Gasteiger partial charge on any atom is 0.344 e. The minimum atomic E-state index is -0.893. The van der Waals surface area contributed by atoms with Crippen LogP contribution in [0.15, 0.2) is 22.7 Å². The molecule has 0 aromatic heterocycles. The third kappa shape index (κ3) is 1.75. The molecule has 1 aromatic rings. The largest absolute Gasteiger partial charge is 0.479 e. The fourth-order valence-corrected chi connectivity index (χ4v) is 1.86. The van der Waals surface area contributed by atoms with Gasteiger partial charge in [0, 0.05) is 4.47 Å². The first-order valence-electron chi connectivity index (χ1n) is 4.35. The second-order valence-electron chi connectivity index (χ2n) is 3.24. The number of hydrogen-bond acceptors (Lipinski definition) is 2. The van der Waals surface area contributed by atoms with Crippen molar-refractivity contribution in [2.75, 3.05) is 0 Å². The lowest BCUT2D eigenvalue weighted by Gasteiger charge is -2.23. The average molecular weight is 257 g/mol. The van der Waals surface area contributed by atoms with Crippen LogP contribution >= 0.6 is 15.9 Å². The van der Waals surface area contributed by atoms with Gasteiger partial charge in [-0.2, -0.15) is 0 Å². The smallest absolute Gasteiger partial charge is 0.344 e. The quantitative estimate of drug-likeness (QED) is 0.839. The van der Waals surface area contributed by atoms with Crippen molar-refractivity contribution in [1.82, 2.24) is 0 Å². The van der Waals surface area contributed by atoms with Crippen molar-refractivity contribution >= 4 is 21.9 Å². The normalized spacial score (nSPS) is 19.6. The van der Waals surface area contributed by atoms with Gasteiger partial charge in [0.2, 0.25) is 0 Å². The molecule has 1 unspecified atom stereocenters. The summed E-state index contributed by atoms with van der Waals surface area (Å²) in [6, 6.07) is 5.70. The van der Waals surface area contributed by atoms with E-state index in [1.165, 1.54) is 0 Å². The van der Waals surface area contributed by atoms with E-state index in [1.807, 2.05) is 18.2 Å². The molecule has 0 fully saturated rings. The number of hydrogen-bond donors (Lipinski definition) is 1. The minimum absolute atomic E-state index is 0.546. The molecule has 0 spiro atoms. The van der Waals surface area contributed by atoms with Crippen LogP contribution in [0.1, 0.15) is 12.0 Å². The summed E-state index contributed by atoms with van der Waals surface area (Å²) in [4.78, 5) is 10.7. The second-order valence-corrected chi connectivity index (χ2v) is 4.15. The highest BCUT2D eigenvalue weighted by molar-refractivity contribution is 9.10. The van der Waals surface area contributed by atoms with E-state index in [1.54, 1.807) is 0 Å². The second kappa shape index (κ2) is 3.61. The molecule has 2 rings (SSSR count). The summed E-state index contributed by atoms with van der Waals surface area (Å²) >= 11 is 3.32. The van der Waals surface area contributed by atoms with E-state index in [0.29, 0.717) is 12.2 Å². The van der Waals surface area contributed by atoms with Crippen LogP contribution in [0.25, 0.3) is 0 Å². The van der Waals surface area contributed by atoms with Gasteiger partial charge in [0.15, 0.2) is 6.10 Å². The molecule has 74 valence electrons. The van der Waals surface area contributed by atoms with E-state index in [-0.39, 0.29) is 0 Å². The van der Waals surface area contributed by atoms with Crippen LogP contribution in [0.2, 0.25) is 0 Å². The maximum absolute atomic E-state index is 10.7. The third-order valence-electron chi connectivity index (χ3n) is 2.25. The molecule has 3 nitrogen and oxygen atoms in total. The first-order chi connectivity index (χ1) is 6.66. The number of rotatable bonds is 1. The van der Waals surface area contributed by atoms with E-state index < -0.39 is 12.1 Å². The van der Waals surface area contributed by atoms with Crippen molar-refractivity contribution in [3.63, 3.8) is 0 Å². The highest BCUT2D eigenvalue weighted by Crippen LogP contribution is 2.30. The number of benzene rings is 1. The van der Waals surface area contributed by atoms with Crippen LogP contribution in [-0.2, 0) is 11.2 Å². The molecule has 1 N–H and O–H groups in total. The average Bonchev–Trinajstić information content (AvgIpc) is 2.16. The van der Waals surface area contributed by atoms with Crippen molar-refractivity contribution in [1.29, 1.82) is 0 Å². The lowest BCUT2D eigenvalue weighted by Crippen LogP contribution is -2.30. The Morgan fingerprint density at radius 2 is 2.36 bits per heavy atom. The van der Waals surface area contributed by atoms with Crippen LogP contribution in [-0.4, -0.2) is 17.2 Å². The van der Waals surface area contributed by atoms with Crippen LogP contribution in [0.4, 0.5) is 0 Å². The molecule has 0 radical (unpaired) electrons. The molecule has 1 aliphatic rings. The number of halogens is 1. The molecule has 1 aromatic carbocycles. The van der Waals surface area contributed by atoms with Crippen molar-refractivity contribution < 1.29 is 14.6 Å². The van der Waals surface area contributed by atoms with Gasteiger partial charge < -0.3 is 9.84 Å². The molecule has 0 amide bonds.